The summed E-state index contributed by atoms with van der Waals surface area (Å²) in [5.74, 6) is 0.777. The summed E-state index contributed by atoms with van der Waals surface area (Å²) in [6, 6.07) is 0.352. The van der Waals surface area contributed by atoms with Gasteiger partial charge in [-0.3, -0.25) is 14.7 Å². The zero-order valence-electron chi connectivity index (χ0n) is 11.4. The van der Waals surface area contributed by atoms with Crippen molar-refractivity contribution in [3.05, 3.63) is 0 Å². The molecule has 0 aromatic rings. The molecule has 0 radical (unpaired) electrons. The molecule has 1 heterocycles. The number of hydrogen-bond acceptors (Lipinski definition) is 3. The Bertz CT molecular complexity index is 295. The summed E-state index contributed by atoms with van der Waals surface area (Å²) in [5.41, 5.74) is 11.0. The van der Waals surface area contributed by atoms with Crippen molar-refractivity contribution in [1.29, 1.82) is 0 Å². The maximum atomic E-state index is 10.8. The van der Waals surface area contributed by atoms with Crippen LogP contribution in [0.4, 0.5) is 0 Å². The first-order chi connectivity index (χ1) is 8.47. The van der Waals surface area contributed by atoms with Crippen LogP contribution in [-0.2, 0) is 4.79 Å². The molecule has 0 aromatic heterocycles. The minimum atomic E-state index is -0.264. The highest BCUT2D eigenvalue weighted by Gasteiger charge is 2.20. The summed E-state index contributed by atoms with van der Waals surface area (Å²) in [5, 5.41) is 3.23. The number of aliphatic imine (C=N–C) groups is 1. The van der Waals surface area contributed by atoms with Gasteiger partial charge in [0, 0.05) is 25.7 Å². The predicted molar refractivity (Wildman–Crippen MR) is 73.1 cm³/mol. The highest BCUT2D eigenvalue weighted by molar-refractivity contribution is 5.78. The average Bonchev–Trinajstić information content (AvgIpc) is 2.28. The monoisotopic (exact) mass is 255 g/mol. The van der Waals surface area contributed by atoms with Crippen LogP contribution in [0.1, 0.15) is 26.7 Å². The number of amides is 1. The van der Waals surface area contributed by atoms with Gasteiger partial charge in [-0.25, -0.2) is 0 Å². The predicted octanol–water partition coefficient (Wildman–Crippen LogP) is -0.504. The first kappa shape index (κ1) is 14.8. The Balaban J connectivity index is 2.26. The van der Waals surface area contributed by atoms with E-state index in [0.717, 1.165) is 32.5 Å². The van der Waals surface area contributed by atoms with Crippen LogP contribution in [0.3, 0.4) is 0 Å². The number of carbonyl (C=O) groups excluding carboxylic acids is 1. The van der Waals surface area contributed by atoms with Crippen LogP contribution < -0.4 is 16.8 Å². The topological polar surface area (TPSA) is 96.7 Å². The minimum absolute atomic E-state index is 0.264. The van der Waals surface area contributed by atoms with Gasteiger partial charge in [0.05, 0.1) is 6.54 Å². The number of nitrogens with zero attached hydrogens (tertiary/aromatic N) is 2. The second-order valence-corrected chi connectivity index (χ2v) is 5.28. The van der Waals surface area contributed by atoms with Gasteiger partial charge in [-0.2, -0.15) is 0 Å². The highest BCUT2D eigenvalue weighted by atomic mass is 16.1. The molecule has 0 saturated carbocycles. The molecule has 0 aromatic carbocycles. The third-order valence-corrected chi connectivity index (χ3v) is 2.95. The number of piperidine rings is 1. The molecule has 0 spiro atoms. The lowest BCUT2D eigenvalue weighted by atomic mass is 10.1. The number of primary amides is 1. The van der Waals surface area contributed by atoms with Crippen molar-refractivity contribution in [3.8, 4) is 0 Å². The molecule has 0 unspecified atom stereocenters. The number of nitrogens with one attached hydrogen (secondary N) is 1. The molecule has 6 nitrogen and oxygen atoms in total. The summed E-state index contributed by atoms with van der Waals surface area (Å²) in [6.45, 7) is 7.07. The third kappa shape index (κ3) is 5.86. The van der Waals surface area contributed by atoms with Crippen LogP contribution in [0, 0.1) is 5.92 Å². The largest absolute Gasteiger partial charge is 0.370 e. The average molecular weight is 255 g/mol. The number of nitrogens with two attached hydrogens (primary N) is 2. The van der Waals surface area contributed by atoms with Crippen LogP contribution in [0.15, 0.2) is 4.99 Å². The first-order valence-corrected chi connectivity index (χ1v) is 6.54. The molecule has 6 heteroatoms. The Labute approximate surface area is 109 Å². The van der Waals surface area contributed by atoms with Gasteiger partial charge >= 0.3 is 0 Å². The lowest BCUT2D eigenvalue weighted by Gasteiger charge is -2.31. The molecule has 0 bridgehead atoms. The van der Waals surface area contributed by atoms with Gasteiger partial charge in [0.2, 0.25) is 5.91 Å². The van der Waals surface area contributed by atoms with E-state index in [0.29, 0.717) is 24.5 Å². The first-order valence-electron chi connectivity index (χ1n) is 6.54. The summed E-state index contributed by atoms with van der Waals surface area (Å²) < 4.78 is 0. The van der Waals surface area contributed by atoms with Gasteiger partial charge in [-0.15, -0.1) is 0 Å². The Morgan fingerprint density at radius 1 is 1.39 bits per heavy atom. The van der Waals surface area contributed by atoms with Crippen LogP contribution in [-0.4, -0.2) is 49.0 Å². The molecule has 18 heavy (non-hydrogen) atoms. The van der Waals surface area contributed by atoms with Gasteiger partial charge in [-0.05, 0) is 18.8 Å². The van der Waals surface area contributed by atoms with Crippen molar-refractivity contribution in [2.24, 2.45) is 22.4 Å². The van der Waals surface area contributed by atoms with Gasteiger partial charge in [-0.1, -0.05) is 13.8 Å². The zero-order valence-corrected chi connectivity index (χ0v) is 11.4. The van der Waals surface area contributed by atoms with Crippen molar-refractivity contribution in [3.63, 3.8) is 0 Å². The molecule has 1 saturated heterocycles. The van der Waals surface area contributed by atoms with E-state index in [9.17, 15) is 4.79 Å². The van der Waals surface area contributed by atoms with Crippen LogP contribution in [0.25, 0.3) is 0 Å². The van der Waals surface area contributed by atoms with Crippen molar-refractivity contribution >= 4 is 11.9 Å². The Morgan fingerprint density at radius 3 is 2.50 bits per heavy atom. The minimum Gasteiger partial charge on any atom is -0.370 e. The maximum Gasteiger partial charge on any atom is 0.231 e. The molecule has 1 aliphatic rings. The van der Waals surface area contributed by atoms with E-state index in [1.165, 1.54) is 0 Å². The van der Waals surface area contributed by atoms with E-state index in [2.05, 4.69) is 29.1 Å². The van der Waals surface area contributed by atoms with Crippen molar-refractivity contribution < 1.29 is 4.79 Å². The van der Waals surface area contributed by atoms with E-state index >= 15 is 0 Å². The Kier molecular flexibility index (Phi) is 5.91. The summed E-state index contributed by atoms with van der Waals surface area (Å²) in [6.07, 6.45) is 1.93. The molecule has 1 amide bonds. The molecule has 1 aliphatic heterocycles. The van der Waals surface area contributed by atoms with E-state index in [-0.39, 0.29) is 5.91 Å². The Morgan fingerprint density at radius 2 is 2.00 bits per heavy atom. The van der Waals surface area contributed by atoms with Crippen LogP contribution in [0.5, 0.6) is 0 Å². The number of rotatable bonds is 5. The van der Waals surface area contributed by atoms with Gasteiger partial charge < -0.3 is 16.8 Å². The smallest absolute Gasteiger partial charge is 0.231 e. The fourth-order valence-corrected chi connectivity index (χ4v) is 1.99. The maximum absolute atomic E-state index is 10.8. The molecule has 0 atom stereocenters. The summed E-state index contributed by atoms with van der Waals surface area (Å²) in [4.78, 5) is 17.2. The second kappa shape index (κ2) is 7.20. The van der Waals surface area contributed by atoms with E-state index in [4.69, 9.17) is 11.5 Å². The number of carbonyl (C=O) groups is 1. The lowest BCUT2D eigenvalue weighted by molar-refractivity contribution is -0.119. The van der Waals surface area contributed by atoms with Crippen LogP contribution in [0.2, 0.25) is 0 Å². The highest BCUT2D eigenvalue weighted by Crippen LogP contribution is 2.09. The molecular weight excluding hydrogens is 230 g/mol. The quantitative estimate of drug-likeness (QED) is 0.455. The normalized spacial score (nSPS) is 19.2. The second-order valence-electron chi connectivity index (χ2n) is 5.28. The molecule has 1 fully saturated rings. The molecule has 0 aliphatic carbocycles. The SMILES string of the molecule is CC(C)CN=C(N)NC1CCN(CC(N)=O)CC1. The van der Waals surface area contributed by atoms with Gasteiger partial charge in [0.25, 0.3) is 0 Å². The van der Waals surface area contributed by atoms with Crippen LogP contribution >= 0.6 is 0 Å². The molecular formula is C12H25N5O. The number of guanidine groups is 1. The summed E-state index contributed by atoms with van der Waals surface area (Å²) >= 11 is 0. The van der Waals surface area contributed by atoms with Crippen molar-refractivity contribution in [1.82, 2.24) is 10.2 Å². The molecule has 1 rings (SSSR count). The lowest BCUT2D eigenvalue weighted by Crippen LogP contribution is -2.48. The van der Waals surface area contributed by atoms with Crippen molar-refractivity contribution in [2.45, 2.75) is 32.7 Å². The molecule has 5 N–H and O–H groups in total. The summed E-state index contributed by atoms with van der Waals surface area (Å²) in [7, 11) is 0. The standard InChI is InChI=1S/C12H25N5O/c1-9(2)7-15-12(14)16-10-3-5-17(6-4-10)8-11(13)18/h9-10H,3-8H2,1-2H3,(H2,13,18)(H3,14,15,16). The van der Waals surface area contributed by atoms with Gasteiger partial charge in [0.1, 0.15) is 0 Å². The number of likely N-dealkylation sites (tertiary alicyclic amines) is 1. The fourth-order valence-electron chi connectivity index (χ4n) is 1.99. The Hall–Kier alpha value is -1.30. The number of hydrogen-bond donors (Lipinski definition) is 3. The molecule has 104 valence electrons. The van der Waals surface area contributed by atoms with E-state index in [1.807, 2.05) is 0 Å². The third-order valence-electron chi connectivity index (χ3n) is 2.95. The van der Waals surface area contributed by atoms with Gasteiger partial charge in [0.15, 0.2) is 5.96 Å². The fraction of sp³-hybridized carbons (Fsp3) is 0.833. The zero-order chi connectivity index (χ0) is 13.5. The van der Waals surface area contributed by atoms with E-state index < -0.39 is 0 Å². The van der Waals surface area contributed by atoms with Crippen molar-refractivity contribution in [2.75, 3.05) is 26.2 Å². The van der Waals surface area contributed by atoms with E-state index in [1.54, 1.807) is 0 Å².